The van der Waals surface area contributed by atoms with Gasteiger partial charge in [0.15, 0.2) is 10.1 Å². The van der Waals surface area contributed by atoms with Crippen molar-refractivity contribution in [3.8, 4) is 0 Å². The fraction of sp³-hybridized carbons (Fsp3) is 0.500. The number of fused-ring (bicyclic) bond motifs is 2. The lowest BCUT2D eigenvalue weighted by atomic mass is 10.1. The van der Waals surface area contributed by atoms with Gasteiger partial charge < -0.3 is 10.1 Å². The summed E-state index contributed by atoms with van der Waals surface area (Å²) in [5, 5.41) is 5.55. The lowest BCUT2D eigenvalue weighted by Gasteiger charge is -2.08. The third-order valence-corrected chi connectivity index (χ3v) is 7.38. The molecule has 0 bridgehead atoms. The van der Waals surface area contributed by atoms with Crippen LogP contribution in [0.15, 0.2) is 11.6 Å². The molecule has 0 unspecified atom stereocenters. The Morgan fingerprint density at radius 1 is 1.31 bits per heavy atom. The number of imidazole rings is 1. The smallest absolute Gasteiger partial charge is 0.315 e. The molecule has 0 aromatic carbocycles. The highest BCUT2D eigenvalue weighted by molar-refractivity contribution is 7.16. The number of hydrogen-bond acceptors (Lipinski definition) is 7. The van der Waals surface area contributed by atoms with Crippen molar-refractivity contribution in [3.63, 3.8) is 0 Å². The molecule has 5 rings (SSSR count). The highest BCUT2D eigenvalue weighted by atomic mass is 32.1. The van der Waals surface area contributed by atoms with E-state index in [-0.39, 0.29) is 17.8 Å². The monoisotopic (exact) mass is 430 g/mol. The number of aryl methyl sites for hydroxylation is 2. The average Bonchev–Trinajstić information content (AvgIpc) is 3.01. The summed E-state index contributed by atoms with van der Waals surface area (Å²) in [6.45, 7) is 2.17. The van der Waals surface area contributed by atoms with Crippen molar-refractivity contribution >= 4 is 44.6 Å². The molecule has 2 aliphatic carbocycles. The maximum atomic E-state index is 12.5. The Kier molecular flexibility index (Phi) is 4.87. The van der Waals surface area contributed by atoms with Crippen molar-refractivity contribution in [1.29, 1.82) is 0 Å². The number of nitrogens with one attached hydrogen (secondary N) is 1. The molecule has 1 amide bonds. The van der Waals surface area contributed by atoms with Crippen LogP contribution in [0.1, 0.15) is 66.4 Å². The first kappa shape index (κ1) is 18.7. The molecule has 7 nitrogen and oxygen atoms in total. The van der Waals surface area contributed by atoms with Crippen LogP contribution in [0.2, 0.25) is 0 Å². The summed E-state index contributed by atoms with van der Waals surface area (Å²) >= 11 is 3.09. The fourth-order valence-electron chi connectivity index (χ4n) is 3.78. The van der Waals surface area contributed by atoms with Gasteiger partial charge in [-0.1, -0.05) is 0 Å². The minimum atomic E-state index is -0.298. The largest absolute Gasteiger partial charge is 0.465 e. The lowest BCUT2D eigenvalue weighted by Crippen LogP contribution is -2.15. The lowest BCUT2D eigenvalue weighted by molar-refractivity contribution is -0.145. The number of esters is 1. The first-order valence-electron chi connectivity index (χ1n) is 10.0. The molecule has 1 fully saturated rings. The summed E-state index contributed by atoms with van der Waals surface area (Å²) in [5.74, 6) is 0.0465. The zero-order chi connectivity index (χ0) is 20.0. The molecule has 9 heteroatoms. The number of carbonyl (C=O) groups excluding carboxylic acids is 2. The standard InChI is InChI=1S/C20H22N4O3S2/c1-2-27-18(26)13-6-7-15-17(13)23-19(29-15)22-16(25)8-5-12-10-28-20-21-14(9-24(12)20)11-3-4-11/h9-11,13H,2-8H2,1H3,(H,22,23,25)/t13-/m0/s1. The van der Waals surface area contributed by atoms with Crippen LogP contribution < -0.4 is 5.32 Å². The van der Waals surface area contributed by atoms with E-state index in [1.165, 1.54) is 29.9 Å². The van der Waals surface area contributed by atoms with E-state index in [0.29, 0.717) is 30.5 Å². The zero-order valence-corrected chi connectivity index (χ0v) is 17.8. The van der Waals surface area contributed by atoms with E-state index in [0.717, 1.165) is 34.1 Å². The Balaban J connectivity index is 1.21. The second-order valence-corrected chi connectivity index (χ2v) is 9.46. The summed E-state index contributed by atoms with van der Waals surface area (Å²) in [7, 11) is 0. The van der Waals surface area contributed by atoms with E-state index in [4.69, 9.17) is 4.74 Å². The predicted octanol–water partition coefficient (Wildman–Crippen LogP) is 3.89. The van der Waals surface area contributed by atoms with Gasteiger partial charge in [-0.25, -0.2) is 9.97 Å². The van der Waals surface area contributed by atoms with E-state index >= 15 is 0 Å². The topological polar surface area (TPSA) is 85.6 Å². The Labute approximate surface area is 176 Å². The highest BCUT2D eigenvalue weighted by Gasteiger charge is 2.33. The number of amides is 1. The molecule has 1 saturated carbocycles. The number of hydrogen-bond donors (Lipinski definition) is 1. The molecule has 0 saturated heterocycles. The third-order valence-electron chi connectivity index (χ3n) is 5.44. The number of rotatable bonds is 7. The van der Waals surface area contributed by atoms with Crippen LogP contribution in [0.25, 0.3) is 4.96 Å². The molecule has 3 heterocycles. The van der Waals surface area contributed by atoms with Crippen LogP contribution in [-0.2, 0) is 27.2 Å². The number of thiazole rings is 2. The Hall–Kier alpha value is -2.26. The van der Waals surface area contributed by atoms with Gasteiger partial charge in [0, 0.05) is 34.5 Å². The molecule has 0 spiro atoms. The Bertz CT molecular complexity index is 1080. The number of nitrogens with zero attached hydrogens (tertiary/aromatic N) is 3. The van der Waals surface area contributed by atoms with Crippen LogP contribution >= 0.6 is 22.7 Å². The number of anilines is 1. The van der Waals surface area contributed by atoms with Crippen molar-refractivity contribution in [2.45, 2.75) is 57.3 Å². The van der Waals surface area contributed by atoms with Crippen LogP contribution in [0.5, 0.6) is 0 Å². The molecule has 0 aliphatic heterocycles. The molecule has 29 heavy (non-hydrogen) atoms. The van der Waals surface area contributed by atoms with Gasteiger partial charge in [0.05, 0.1) is 18.0 Å². The predicted molar refractivity (Wildman–Crippen MR) is 112 cm³/mol. The van der Waals surface area contributed by atoms with Gasteiger partial charge in [0.25, 0.3) is 0 Å². The molecule has 3 aromatic rings. The second-order valence-electron chi connectivity index (χ2n) is 7.54. The Morgan fingerprint density at radius 3 is 2.97 bits per heavy atom. The molecule has 1 N–H and O–H groups in total. The van der Waals surface area contributed by atoms with Gasteiger partial charge in [0.2, 0.25) is 5.91 Å². The normalized spacial score (nSPS) is 18.2. The third kappa shape index (κ3) is 3.69. The van der Waals surface area contributed by atoms with Crippen molar-refractivity contribution in [2.75, 3.05) is 11.9 Å². The molecular formula is C20H22N4O3S2. The van der Waals surface area contributed by atoms with Crippen molar-refractivity contribution < 1.29 is 14.3 Å². The van der Waals surface area contributed by atoms with Gasteiger partial charge in [0.1, 0.15) is 5.92 Å². The molecule has 1 atom stereocenters. The zero-order valence-electron chi connectivity index (χ0n) is 16.1. The minimum Gasteiger partial charge on any atom is -0.465 e. The average molecular weight is 431 g/mol. The molecule has 3 aromatic heterocycles. The summed E-state index contributed by atoms with van der Waals surface area (Å²) in [5.41, 5.74) is 3.06. The first-order valence-corrected chi connectivity index (χ1v) is 11.7. The van der Waals surface area contributed by atoms with Crippen molar-refractivity contribution in [3.05, 3.63) is 33.5 Å². The van der Waals surface area contributed by atoms with Crippen molar-refractivity contribution in [2.24, 2.45) is 0 Å². The highest BCUT2D eigenvalue weighted by Crippen LogP contribution is 2.40. The number of ether oxygens (including phenoxy) is 1. The number of aromatic nitrogens is 3. The van der Waals surface area contributed by atoms with Crippen LogP contribution in [0.3, 0.4) is 0 Å². The van der Waals surface area contributed by atoms with Crippen LogP contribution in [0.4, 0.5) is 5.13 Å². The van der Waals surface area contributed by atoms with Crippen LogP contribution in [0, 0.1) is 0 Å². The van der Waals surface area contributed by atoms with Crippen LogP contribution in [-0.4, -0.2) is 32.9 Å². The van der Waals surface area contributed by atoms with Gasteiger partial charge in [-0.3, -0.25) is 14.0 Å². The number of carbonyl (C=O) groups is 2. The van der Waals surface area contributed by atoms with Gasteiger partial charge in [-0.15, -0.1) is 22.7 Å². The maximum Gasteiger partial charge on any atom is 0.315 e. The molecule has 0 radical (unpaired) electrons. The van der Waals surface area contributed by atoms with E-state index in [1.54, 1.807) is 18.3 Å². The molecule has 2 aliphatic rings. The van der Waals surface area contributed by atoms with E-state index in [9.17, 15) is 9.59 Å². The summed E-state index contributed by atoms with van der Waals surface area (Å²) in [6.07, 6.45) is 7.18. The summed E-state index contributed by atoms with van der Waals surface area (Å²) < 4.78 is 7.26. The van der Waals surface area contributed by atoms with Gasteiger partial charge in [-0.05, 0) is 39.0 Å². The Morgan fingerprint density at radius 2 is 2.17 bits per heavy atom. The van der Waals surface area contributed by atoms with Crippen molar-refractivity contribution in [1.82, 2.24) is 14.4 Å². The summed E-state index contributed by atoms with van der Waals surface area (Å²) in [4.78, 5) is 35.8. The quantitative estimate of drug-likeness (QED) is 0.575. The minimum absolute atomic E-state index is 0.0630. The second kappa shape index (κ2) is 7.53. The van der Waals surface area contributed by atoms with E-state index < -0.39 is 0 Å². The van der Waals surface area contributed by atoms with E-state index in [2.05, 4.69) is 31.3 Å². The SMILES string of the molecule is CCOC(=O)[C@H]1CCc2sc(NC(=O)CCc3csc4nc(C5CC5)cn34)nc21. The summed E-state index contributed by atoms with van der Waals surface area (Å²) in [6, 6.07) is 0. The molecule has 152 valence electrons. The first-order chi connectivity index (χ1) is 14.1. The fourth-order valence-corrected chi connectivity index (χ4v) is 5.75. The maximum absolute atomic E-state index is 12.5. The van der Waals surface area contributed by atoms with Gasteiger partial charge >= 0.3 is 5.97 Å². The molecular weight excluding hydrogens is 408 g/mol. The van der Waals surface area contributed by atoms with Gasteiger partial charge in [-0.2, -0.15) is 0 Å². The van der Waals surface area contributed by atoms with E-state index in [1.807, 2.05) is 0 Å².